The topological polar surface area (TPSA) is 33.2 Å². The zero-order valence-corrected chi connectivity index (χ0v) is 12.4. The Morgan fingerprint density at radius 2 is 1.89 bits per heavy atom. The summed E-state index contributed by atoms with van der Waals surface area (Å²) >= 11 is 11.6. The van der Waals surface area contributed by atoms with Crippen molar-refractivity contribution in [1.82, 2.24) is 9.88 Å². The number of hydrogen-bond donors (Lipinski definition) is 0. The molecule has 0 bridgehead atoms. The maximum Gasteiger partial charge on any atom is 0.254 e. The van der Waals surface area contributed by atoms with Crippen molar-refractivity contribution in [3.63, 3.8) is 0 Å². The maximum atomic E-state index is 12.3. The normalized spacial score (nSPS) is 12.3. The molecule has 0 aliphatic carbocycles. The lowest BCUT2D eigenvalue weighted by Gasteiger charge is -2.24. The van der Waals surface area contributed by atoms with Gasteiger partial charge >= 0.3 is 0 Å². The highest BCUT2D eigenvalue weighted by Gasteiger charge is 2.17. The summed E-state index contributed by atoms with van der Waals surface area (Å²) in [4.78, 5) is 18.0. The molecule has 18 heavy (non-hydrogen) atoms. The van der Waals surface area contributed by atoms with Crippen molar-refractivity contribution in [1.29, 1.82) is 0 Å². The van der Waals surface area contributed by atoms with Crippen LogP contribution in [0.5, 0.6) is 0 Å². The van der Waals surface area contributed by atoms with Crippen LogP contribution in [0.2, 0.25) is 10.3 Å². The Labute approximate surface area is 118 Å². The second-order valence-electron chi connectivity index (χ2n) is 4.36. The molecular formula is C13H18Cl2N2O. The van der Waals surface area contributed by atoms with Crippen LogP contribution >= 0.6 is 23.2 Å². The molecule has 0 fully saturated rings. The summed E-state index contributed by atoms with van der Waals surface area (Å²) in [6.07, 6.45) is 1.04. The fraction of sp³-hybridized carbons (Fsp3) is 0.538. The average Bonchev–Trinajstić information content (AvgIpc) is 2.33. The summed E-state index contributed by atoms with van der Waals surface area (Å²) < 4.78 is 0. The predicted molar refractivity (Wildman–Crippen MR) is 75.3 cm³/mol. The highest BCUT2D eigenvalue weighted by molar-refractivity contribution is 6.33. The molecule has 1 amide bonds. The molecule has 1 atom stereocenters. The number of hydrogen-bond acceptors (Lipinski definition) is 2. The van der Waals surface area contributed by atoms with Crippen LogP contribution in [0.4, 0.5) is 0 Å². The standard InChI is InChI=1S/C13H18Cl2N2O/c1-4-9(3)8-17(5-2)13(18)10-6-11(14)16-12(15)7-10/h6-7,9H,4-5,8H2,1-3H3. The molecule has 0 spiro atoms. The smallest absolute Gasteiger partial charge is 0.254 e. The molecule has 0 N–H and O–H groups in total. The van der Waals surface area contributed by atoms with Crippen molar-refractivity contribution in [3.05, 3.63) is 28.0 Å². The second-order valence-corrected chi connectivity index (χ2v) is 5.13. The first-order valence-electron chi connectivity index (χ1n) is 6.10. The van der Waals surface area contributed by atoms with E-state index in [0.29, 0.717) is 18.0 Å². The zero-order chi connectivity index (χ0) is 13.7. The van der Waals surface area contributed by atoms with Crippen LogP contribution in [-0.2, 0) is 0 Å². The molecule has 0 saturated heterocycles. The lowest BCUT2D eigenvalue weighted by atomic mass is 10.1. The molecular weight excluding hydrogens is 271 g/mol. The van der Waals surface area contributed by atoms with Crippen molar-refractivity contribution in [2.75, 3.05) is 13.1 Å². The van der Waals surface area contributed by atoms with Gasteiger partial charge in [0.2, 0.25) is 0 Å². The molecule has 1 heterocycles. The SMILES string of the molecule is CCC(C)CN(CC)C(=O)c1cc(Cl)nc(Cl)c1. The molecule has 0 aliphatic heterocycles. The lowest BCUT2D eigenvalue weighted by Crippen LogP contribution is -2.34. The number of halogens is 2. The first-order chi connectivity index (χ1) is 8.47. The van der Waals surface area contributed by atoms with Crippen molar-refractivity contribution < 1.29 is 4.79 Å². The molecule has 100 valence electrons. The van der Waals surface area contributed by atoms with Gasteiger partial charge in [-0.15, -0.1) is 0 Å². The van der Waals surface area contributed by atoms with Crippen LogP contribution in [-0.4, -0.2) is 28.9 Å². The first-order valence-corrected chi connectivity index (χ1v) is 6.85. The van der Waals surface area contributed by atoms with Gasteiger partial charge in [0.05, 0.1) is 0 Å². The summed E-state index contributed by atoms with van der Waals surface area (Å²) in [6.45, 7) is 7.61. The Balaban J connectivity index is 2.89. The Morgan fingerprint density at radius 3 is 2.33 bits per heavy atom. The van der Waals surface area contributed by atoms with Crippen LogP contribution in [0.1, 0.15) is 37.6 Å². The highest BCUT2D eigenvalue weighted by Crippen LogP contribution is 2.17. The molecule has 1 aromatic heterocycles. The molecule has 0 saturated carbocycles. The summed E-state index contributed by atoms with van der Waals surface area (Å²) in [7, 11) is 0. The molecule has 0 aliphatic rings. The van der Waals surface area contributed by atoms with Gasteiger partial charge in [-0.25, -0.2) is 4.98 Å². The largest absolute Gasteiger partial charge is 0.339 e. The van der Waals surface area contributed by atoms with Gasteiger partial charge in [-0.1, -0.05) is 43.5 Å². The van der Waals surface area contributed by atoms with E-state index < -0.39 is 0 Å². The Kier molecular flexibility index (Phi) is 5.89. The molecule has 1 unspecified atom stereocenters. The number of amides is 1. The zero-order valence-electron chi connectivity index (χ0n) is 10.9. The van der Waals surface area contributed by atoms with E-state index in [9.17, 15) is 4.79 Å². The van der Waals surface area contributed by atoms with Crippen molar-refractivity contribution in [2.24, 2.45) is 5.92 Å². The predicted octanol–water partition coefficient (Wildman–Crippen LogP) is 3.90. The number of carbonyl (C=O) groups is 1. The number of rotatable bonds is 5. The summed E-state index contributed by atoms with van der Waals surface area (Å²) in [6, 6.07) is 3.10. The summed E-state index contributed by atoms with van der Waals surface area (Å²) in [5, 5.41) is 0.482. The van der Waals surface area contributed by atoms with E-state index in [0.717, 1.165) is 13.0 Å². The lowest BCUT2D eigenvalue weighted by molar-refractivity contribution is 0.0740. The van der Waals surface area contributed by atoms with Crippen LogP contribution in [0.15, 0.2) is 12.1 Å². The number of nitrogens with zero attached hydrogens (tertiary/aromatic N) is 2. The van der Waals surface area contributed by atoms with E-state index in [4.69, 9.17) is 23.2 Å². The minimum Gasteiger partial charge on any atom is -0.339 e. The van der Waals surface area contributed by atoms with Crippen LogP contribution in [0.25, 0.3) is 0 Å². The third-order valence-corrected chi connectivity index (χ3v) is 3.29. The van der Waals surface area contributed by atoms with Crippen molar-refractivity contribution in [2.45, 2.75) is 27.2 Å². The van der Waals surface area contributed by atoms with Gasteiger partial charge in [-0.05, 0) is 25.0 Å². The molecule has 0 radical (unpaired) electrons. The first kappa shape index (κ1) is 15.3. The van der Waals surface area contributed by atoms with E-state index in [2.05, 4.69) is 18.8 Å². The number of pyridine rings is 1. The summed E-state index contributed by atoms with van der Waals surface area (Å²) in [5.74, 6) is 0.422. The number of carbonyl (C=O) groups excluding carboxylic acids is 1. The van der Waals surface area contributed by atoms with Crippen LogP contribution in [0, 0.1) is 5.92 Å². The molecule has 1 rings (SSSR count). The van der Waals surface area contributed by atoms with Crippen molar-refractivity contribution in [3.8, 4) is 0 Å². The highest BCUT2D eigenvalue weighted by atomic mass is 35.5. The Hall–Kier alpha value is -0.800. The molecule has 0 aromatic carbocycles. The third kappa shape index (κ3) is 4.14. The molecule has 1 aromatic rings. The van der Waals surface area contributed by atoms with Gasteiger partial charge in [0.15, 0.2) is 0 Å². The quantitative estimate of drug-likeness (QED) is 0.770. The molecule has 5 heteroatoms. The fourth-order valence-corrected chi connectivity index (χ4v) is 2.09. The van der Waals surface area contributed by atoms with E-state index in [1.807, 2.05) is 6.92 Å². The fourth-order valence-electron chi connectivity index (χ4n) is 1.63. The minimum atomic E-state index is -0.0519. The van der Waals surface area contributed by atoms with Crippen LogP contribution < -0.4 is 0 Å². The minimum absolute atomic E-state index is 0.0519. The van der Waals surface area contributed by atoms with Crippen molar-refractivity contribution >= 4 is 29.1 Å². The maximum absolute atomic E-state index is 12.3. The van der Waals surface area contributed by atoms with Gasteiger partial charge in [0, 0.05) is 18.7 Å². The van der Waals surface area contributed by atoms with Gasteiger partial charge in [-0.3, -0.25) is 4.79 Å². The van der Waals surface area contributed by atoms with Crippen LogP contribution in [0.3, 0.4) is 0 Å². The monoisotopic (exact) mass is 288 g/mol. The molecule has 3 nitrogen and oxygen atoms in total. The average molecular weight is 289 g/mol. The Bertz CT molecular complexity index is 403. The number of aromatic nitrogens is 1. The van der Waals surface area contributed by atoms with Gasteiger partial charge in [-0.2, -0.15) is 0 Å². The van der Waals surface area contributed by atoms with E-state index in [1.165, 1.54) is 0 Å². The van der Waals surface area contributed by atoms with Gasteiger partial charge < -0.3 is 4.90 Å². The summed E-state index contributed by atoms with van der Waals surface area (Å²) in [5.41, 5.74) is 0.491. The van der Waals surface area contributed by atoms with Gasteiger partial charge in [0.1, 0.15) is 10.3 Å². The van der Waals surface area contributed by atoms with E-state index in [1.54, 1.807) is 17.0 Å². The second kappa shape index (κ2) is 6.95. The third-order valence-electron chi connectivity index (χ3n) is 2.91. The van der Waals surface area contributed by atoms with E-state index in [-0.39, 0.29) is 16.2 Å². The van der Waals surface area contributed by atoms with Gasteiger partial charge in [0.25, 0.3) is 5.91 Å². The Morgan fingerprint density at radius 1 is 1.33 bits per heavy atom. The van der Waals surface area contributed by atoms with E-state index >= 15 is 0 Å².